The number of halogens is 2. The van der Waals surface area contributed by atoms with Gasteiger partial charge in [-0.15, -0.1) is 0 Å². The summed E-state index contributed by atoms with van der Waals surface area (Å²) in [4.78, 5) is 1.89. The van der Waals surface area contributed by atoms with Crippen LogP contribution in [0.4, 0.5) is 10.1 Å². The quantitative estimate of drug-likeness (QED) is 0.777. The molecule has 6 heteroatoms. The molecule has 1 aromatic carbocycles. The van der Waals surface area contributed by atoms with Gasteiger partial charge in [0.15, 0.2) is 8.32 Å². The van der Waals surface area contributed by atoms with Crippen molar-refractivity contribution in [2.75, 3.05) is 24.6 Å². The Kier molecular flexibility index (Phi) is 6.01. The molecule has 0 aliphatic carbocycles. The Labute approximate surface area is 150 Å². The molecule has 1 aliphatic heterocycles. The Morgan fingerprint density at radius 2 is 2.04 bits per heavy atom. The van der Waals surface area contributed by atoms with Crippen molar-refractivity contribution in [2.24, 2.45) is 5.92 Å². The average Bonchev–Trinajstić information content (AvgIpc) is 2.44. The van der Waals surface area contributed by atoms with Gasteiger partial charge in [-0.1, -0.05) is 32.4 Å². The van der Waals surface area contributed by atoms with Gasteiger partial charge in [0, 0.05) is 30.6 Å². The second-order valence-electron chi connectivity index (χ2n) is 8.23. The Hall–Kier alpha value is -0.623. The summed E-state index contributed by atoms with van der Waals surface area (Å²) in [5.74, 6) is -0.239. The summed E-state index contributed by atoms with van der Waals surface area (Å²) in [6.45, 7) is 12.8. The first-order valence-corrected chi connectivity index (χ1v) is 11.8. The van der Waals surface area contributed by atoms with Gasteiger partial charge in [-0.2, -0.15) is 0 Å². The van der Waals surface area contributed by atoms with Crippen LogP contribution in [-0.4, -0.2) is 39.2 Å². The number of aliphatic hydroxyl groups is 1. The third kappa shape index (κ3) is 4.51. The fraction of sp³-hybridized carbons (Fsp3) is 0.667. The Morgan fingerprint density at radius 1 is 1.38 bits per heavy atom. The Balaban J connectivity index is 1.96. The maximum atomic E-state index is 14.1. The predicted octanol–water partition coefficient (Wildman–Crippen LogP) is 4.69. The second-order valence-corrected chi connectivity index (χ2v) is 13.5. The number of nitrogens with zero attached hydrogens (tertiary/aromatic N) is 1. The lowest BCUT2D eigenvalue weighted by Crippen LogP contribution is -2.48. The maximum Gasteiger partial charge on any atom is 0.191 e. The molecule has 2 atom stereocenters. The number of benzene rings is 1. The topological polar surface area (TPSA) is 32.7 Å². The van der Waals surface area contributed by atoms with Gasteiger partial charge in [-0.3, -0.25) is 0 Å². The van der Waals surface area contributed by atoms with Gasteiger partial charge in [0.1, 0.15) is 5.82 Å². The van der Waals surface area contributed by atoms with E-state index in [1.165, 1.54) is 6.07 Å². The number of aliphatic hydroxyl groups excluding tert-OH is 1. The van der Waals surface area contributed by atoms with Crippen molar-refractivity contribution in [3.05, 3.63) is 29.0 Å². The first-order valence-electron chi connectivity index (χ1n) is 8.53. The number of hydrogen-bond donors (Lipinski definition) is 1. The molecule has 1 saturated heterocycles. The molecule has 3 nitrogen and oxygen atoms in total. The van der Waals surface area contributed by atoms with Gasteiger partial charge in [0.05, 0.1) is 11.8 Å². The maximum absolute atomic E-state index is 14.1. The van der Waals surface area contributed by atoms with Crippen LogP contribution in [0.1, 0.15) is 27.2 Å². The third-order valence-corrected chi connectivity index (χ3v) is 10.2. The lowest BCUT2D eigenvalue weighted by atomic mass is 9.94. The van der Waals surface area contributed by atoms with Crippen LogP contribution in [0.25, 0.3) is 0 Å². The smallest absolute Gasteiger partial charge is 0.191 e. The molecule has 1 aromatic rings. The van der Waals surface area contributed by atoms with Crippen molar-refractivity contribution in [2.45, 2.75) is 51.4 Å². The fourth-order valence-corrected chi connectivity index (χ4v) is 3.89. The normalized spacial score (nSPS) is 22.8. The highest BCUT2D eigenvalue weighted by atomic mass is 35.5. The average molecular weight is 374 g/mol. The van der Waals surface area contributed by atoms with Gasteiger partial charge in [-0.05, 0) is 42.8 Å². The molecule has 1 heterocycles. The van der Waals surface area contributed by atoms with Crippen LogP contribution in [0.5, 0.6) is 0 Å². The van der Waals surface area contributed by atoms with E-state index in [1.807, 2.05) is 4.90 Å². The van der Waals surface area contributed by atoms with Crippen molar-refractivity contribution in [1.82, 2.24) is 0 Å². The number of hydrogen-bond acceptors (Lipinski definition) is 3. The molecule has 24 heavy (non-hydrogen) atoms. The molecule has 1 fully saturated rings. The first kappa shape index (κ1) is 19.7. The Morgan fingerprint density at radius 3 is 2.58 bits per heavy atom. The van der Waals surface area contributed by atoms with E-state index in [9.17, 15) is 9.50 Å². The molecular weight excluding hydrogens is 345 g/mol. The van der Waals surface area contributed by atoms with Crippen molar-refractivity contribution in [1.29, 1.82) is 0 Å². The van der Waals surface area contributed by atoms with Crippen LogP contribution < -0.4 is 4.90 Å². The van der Waals surface area contributed by atoms with Crippen molar-refractivity contribution in [3.63, 3.8) is 0 Å². The zero-order chi connectivity index (χ0) is 18.1. The monoisotopic (exact) mass is 373 g/mol. The zero-order valence-corrected chi connectivity index (χ0v) is 17.0. The molecule has 0 spiro atoms. The van der Waals surface area contributed by atoms with Gasteiger partial charge < -0.3 is 14.4 Å². The molecule has 2 unspecified atom stereocenters. The van der Waals surface area contributed by atoms with Crippen molar-refractivity contribution in [3.8, 4) is 0 Å². The summed E-state index contributed by atoms with van der Waals surface area (Å²) in [6.07, 6.45) is 0.274. The summed E-state index contributed by atoms with van der Waals surface area (Å²) < 4.78 is 20.3. The SMILES string of the molecule is CC(C)(C)[Si](C)(C)OCC1CCN(c2ccc(Cl)cc2F)CC1O. The molecule has 2 rings (SSSR count). The molecule has 0 radical (unpaired) electrons. The highest BCUT2D eigenvalue weighted by Gasteiger charge is 2.39. The zero-order valence-electron chi connectivity index (χ0n) is 15.3. The minimum atomic E-state index is -1.81. The van der Waals surface area contributed by atoms with Gasteiger partial charge in [0.2, 0.25) is 0 Å². The van der Waals surface area contributed by atoms with Crippen molar-refractivity contribution < 1.29 is 13.9 Å². The number of β-amino-alcohol motifs (C(OH)–C–C–N with tert-alkyl or cyclic N) is 1. The van der Waals surface area contributed by atoms with Gasteiger partial charge in [0.25, 0.3) is 0 Å². The summed E-state index contributed by atoms with van der Waals surface area (Å²) >= 11 is 5.81. The van der Waals surface area contributed by atoms with E-state index in [0.717, 1.165) is 6.42 Å². The van der Waals surface area contributed by atoms with E-state index >= 15 is 0 Å². The van der Waals surface area contributed by atoms with Crippen LogP contribution in [0.2, 0.25) is 23.2 Å². The van der Waals surface area contributed by atoms with Crippen LogP contribution in [0.15, 0.2) is 18.2 Å². The van der Waals surface area contributed by atoms with Crippen LogP contribution >= 0.6 is 11.6 Å². The second kappa shape index (κ2) is 7.32. The third-order valence-electron chi connectivity index (χ3n) is 5.44. The molecule has 0 bridgehead atoms. The number of anilines is 1. The lowest BCUT2D eigenvalue weighted by Gasteiger charge is -2.41. The number of rotatable bonds is 4. The van der Waals surface area contributed by atoms with E-state index < -0.39 is 14.4 Å². The summed E-state index contributed by atoms with van der Waals surface area (Å²) in [5.41, 5.74) is 0.502. The van der Waals surface area contributed by atoms with Crippen LogP contribution in [-0.2, 0) is 4.43 Å². The summed E-state index contributed by atoms with van der Waals surface area (Å²) in [6, 6.07) is 4.67. The van der Waals surface area contributed by atoms with E-state index in [-0.39, 0.29) is 16.8 Å². The van der Waals surface area contributed by atoms with Crippen molar-refractivity contribution >= 4 is 25.6 Å². The largest absolute Gasteiger partial charge is 0.416 e. The summed E-state index contributed by atoms with van der Waals surface area (Å²) in [5, 5.41) is 11.0. The highest BCUT2D eigenvalue weighted by Crippen LogP contribution is 2.37. The molecule has 0 aromatic heterocycles. The van der Waals surface area contributed by atoms with Crippen LogP contribution in [0, 0.1) is 11.7 Å². The number of piperidine rings is 1. The molecule has 0 saturated carbocycles. The highest BCUT2D eigenvalue weighted by molar-refractivity contribution is 6.74. The first-order chi connectivity index (χ1) is 11.0. The van der Waals surface area contributed by atoms with E-state index in [2.05, 4.69) is 33.9 Å². The van der Waals surface area contributed by atoms with Crippen LogP contribution in [0.3, 0.4) is 0 Å². The van der Waals surface area contributed by atoms with E-state index in [0.29, 0.717) is 30.4 Å². The standard InChI is InChI=1S/C18H29ClFNO2Si/c1-18(2,3)24(4,5)23-12-13-8-9-21(11-17(13)22)16-7-6-14(19)10-15(16)20/h6-7,10,13,17,22H,8-9,11-12H2,1-5H3. The molecule has 1 N–H and O–H groups in total. The summed E-state index contributed by atoms with van der Waals surface area (Å²) in [7, 11) is -1.81. The Bertz CT molecular complexity index is 577. The molecule has 136 valence electrons. The molecular formula is C18H29ClFNO2Si. The predicted molar refractivity (Wildman–Crippen MR) is 101 cm³/mol. The lowest BCUT2D eigenvalue weighted by molar-refractivity contribution is 0.0577. The minimum Gasteiger partial charge on any atom is -0.416 e. The molecule has 0 amide bonds. The van der Waals surface area contributed by atoms with Gasteiger partial charge in [-0.25, -0.2) is 4.39 Å². The van der Waals surface area contributed by atoms with E-state index in [4.69, 9.17) is 16.0 Å². The van der Waals surface area contributed by atoms with E-state index in [1.54, 1.807) is 12.1 Å². The van der Waals surface area contributed by atoms with Gasteiger partial charge >= 0.3 is 0 Å². The fourth-order valence-electron chi connectivity index (χ4n) is 2.66. The minimum absolute atomic E-state index is 0.103. The molecule has 1 aliphatic rings.